The van der Waals surface area contributed by atoms with E-state index in [1.165, 1.54) is 17.6 Å². The topological polar surface area (TPSA) is 85.4 Å². The molecule has 1 fully saturated rings. The first-order chi connectivity index (χ1) is 14.4. The molecular formula is C19H23F3N6O2S. The molecule has 0 spiro atoms. The van der Waals surface area contributed by atoms with Crippen molar-refractivity contribution < 1.29 is 21.6 Å². The van der Waals surface area contributed by atoms with Crippen LogP contribution in [-0.2, 0) is 23.2 Å². The number of aromatic nitrogens is 5. The zero-order valence-corrected chi connectivity index (χ0v) is 18.4. The summed E-state index contributed by atoms with van der Waals surface area (Å²) < 4.78 is 70.8. The van der Waals surface area contributed by atoms with Crippen molar-refractivity contribution in [3.63, 3.8) is 0 Å². The second-order valence-electron chi connectivity index (χ2n) is 8.05. The summed E-state index contributed by atoms with van der Waals surface area (Å²) in [6.07, 6.45) is -0.492. The van der Waals surface area contributed by atoms with Crippen LogP contribution in [0.1, 0.15) is 48.2 Å². The third-order valence-corrected chi connectivity index (χ3v) is 8.09. The largest absolute Gasteiger partial charge is 0.434 e. The van der Waals surface area contributed by atoms with Crippen LogP contribution in [-0.4, -0.2) is 49.7 Å². The van der Waals surface area contributed by atoms with E-state index in [9.17, 15) is 21.6 Å². The molecule has 3 aromatic rings. The van der Waals surface area contributed by atoms with Gasteiger partial charge in [-0.05, 0) is 56.7 Å². The zero-order chi connectivity index (χ0) is 22.7. The van der Waals surface area contributed by atoms with Gasteiger partial charge in [0, 0.05) is 25.8 Å². The van der Waals surface area contributed by atoms with E-state index in [4.69, 9.17) is 0 Å². The zero-order valence-electron chi connectivity index (χ0n) is 17.5. The van der Waals surface area contributed by atoms with Gasteiger partial charge in [0.05, 0.1) is 5.69 Å². The van der Waals surface area contributed by atoms with E-state index in [1.54, 1.807) is 11.4 Å². The van der Waals surface area contributed by atoms with E-state index in [2.05, 4.69) is 15.2 Å². The van der Waals surface area contributed by atoms with E-state index < -0.39 is 32.8 Å². The first kappa shape index (κ1) is 21.8. The van der Waals surface area contributed by atoms with Crippen LogP contribution >= 0.6 is 0 Å². The van der Waals surface area contributed by atoms with Gasteiger partial charge in [0.1, 0.15) is 11.2 Å². The smallest absolute Gasteiger partial charge is 0.262 e. The van der Waals surface area contributed by atoms with Crippen molar-refractivity contribution in [2.45, 2.75) is 56.6 Å². The van der Waals surface area contributed by atoms with Crippen molar-refractivity contribution in [1.82, 2.24) is 28.7 Å². The fourth-order valence-electron chi connectivity index (χ4n) is 4.57. The number of piperidine rings is 1. The maximum atomic E-state index is 13.6. The van der Waals surface area contributed by atoms with Crippen molar-refractivity contribution in [3.05, 3.63) is 41.1 Å². The maximum absolute atomic E-state index is 13.6. The molecule has 0 saturated carbocycles. The van der Waals surface area contributed by atoms with Gasteiger partial charge >= 0.3 is 6.18 Å². The highest BCUT2D eigenvalue weighted by atomic mass is 32.2. The quantitative estimate of drug-likeness (QED) is 0.605. The lowest BCUT2D eigenvalue weighted by atomic mass is 9.86. The Morgan fingerprint density at radius 3 is 2.58 bits per heavy atom. The van der Waals surface area contributed by atoms with Crippen LogP contribution in [0.3, 0.4) is 0 Å². The number of aryl methyl sites for hydroxylation is 3. The molecule has 1 aliphatic rings. The molecule has 1 aliphatic heterocycles. The SMILES string of the molecule is Cc1cc2ncnn2cc1C1CCN(S(=O)(=O)c2c(C)nn(C)c2C(F)(F)F)C(C)C1. The highest BCUT2D eigenvalue weighted by Crippen LogP contribution is 2.40. The van der Waals surface area contributed by atoms with Crippen LogP contribution in [0.25, 0.3) is 5.65 Å². The molecule has 2 unspecified atom stereocenters. The number of alkyl halides is 3. The lowest BCUT2D eigenvalue weighted by Crippen LogP contribution is -2.44. The van der Waals surface area contributed by atoms with Gasteiger partial charge in [0.25, 0.3) is 0 Å². The second kappa shape index (κ2) is 7.30. The van der Waals surface area contributed by atoms with Crippen LogP contribution in [0.2, 0.25) is 0 Å². The van der Waals surface area contributed by atoms with E-state index in [0.717, 1.165) is 23.8 Å². The highest BCUT2D eigenvalue weighted by molar-refractivity contribution is 7.89. The number of rotatable bonds is 3. The molecule has 0 bridgehead atoms. The fourth-order valence-corrected chi connectivity index (χ4v) is 6.61. The number of hydrogen-bond donors (Lipinski definition) is 0. The molecule has 0 N–H and O–H groups in total. The minimum Gasteiger partial charge on any atom is -0.262 e. The third-order valence-electron chi connectivity index (χ3n) is 5.92. The Kier molecular flexibility index (Phi) is 5.12. The van der Waals surface area contributed by atoms with Crippen LogP contribution in [0.5, 0.6) is 0 Å². The first-order valence-electron chi connectivity index (χ1n) is 9.83. The maximum Gasteiger partial charge on any atom is 0.434 e. The van der Waals surface area contributed by atoms with E-state index >= 15 is 0 Å². The van der Waals surface area contributed by atoms with Crippen LogP contribution < -0.4 is 0 Å². The Hall–Kier alpha value is -2.47. The average molecular weight is 456 g/mol. The molecule has 31 heavy (non-hydrogen) atoms. The number of halogens is 3. The number of fused-ring (bicyclic) bond motifs is 1. The molecule has 0 radical (unpaired) electrons. The fraction of sp³-hybridized carbons (Fsp3) is 0.526. The normalized spacial score (nSPS) is 21.1. The first-order valence-corrected chi connectivity index (χ1v) is 11.3. The van der Waals surface area contributed by atoms with Gasteiger partial charge in [-0.15, -0.1) is 0 Å². The minimum atomic E-state index is -4.83. The Bertz CT molecular complexity index is 1250. The number of hydrogen-bond acceptors (Lipinski definition) is 5. The molecule has 0 amide bonds. The van der Waals surface area contributed by atoms with Crippen molar-refractivity contribution in [2.75, 3.05) is 6.54 Å². The van der Waals surface area contributed by atoms with Crippen LogP contribution in [0.15, 0.2) is 23.5 Å². The molecule has 0 aliphatic carbocycles. The van der Waals surface area contributed by atoms with Crippen molar-refractivity contribution in [1.29, 1.82) is 0 Å². The molecule has 2 atom stereocenters. The molecule has 1 saturated heterocycles. The van der Waals surface area contributed by atoms with Gasteiger partial charge < -0.3 is 0 Å². The van der Waals surface area contributed by atoms with Gasteiger partial charge in [-0.1, -0.05) is 0 Å². The summed E-state index contributed by atoms with van der Waals surface area (Å²) in [5, 5.41) is 7.89. The van der Waals surface area contributed by atoms with Gasteiger partial charge in [-0.3, -0.25) is 4.68 Å². The predicted molar refractivity (Wildman–Crippen MR) is 106 cm³/mol. The Morgan fingerprint density at radius 2 is 1.94 bits per heavy atom. The monoisotopic (exact) mass is 456 g/mol. The van der Waals surface area contributed by atoms with E-state index in [-0.39, 0.29) is 18.2 Å². The predicted octanol–water partition coefficient (Wildman–Crippen LogP) is 3.06. The third kappa shape index (κ3) is 3.61. The Labute approximate surface area is 177 Å². The summed E-state index contributed by atoms with van der Waals surface area (Å²) in [6, 6.07) is 1.44. The van der Waals surface area contributed by atoms with Crippen molar-refractivity contribution in [2.24, 2.45) is 7.05 Å². The number of nitrogens with zero attached hydrogens (tertiary/aromatic N) is 6. The molecule has 4 rings (SSSR count). The molecule has 12 heteroatoms. The summed E-state index contributed by atoms with van der Waals surface area (Å²) in [5.41, 5.74) is 1.39. The van der Waals surface area contributed by atoms with Gasteiger partial charge in [0.15, 0.2) is 11.3 Å². The lowest BCUT2D eigenvalue weighted by molar-refractivity contribution is -0.146. The Balaban J connectivity index is 1.66. The molecular weight excluding hydrogens is 433 g/mol. The van der Waals surface area contributed by atoms with Gasteiger partial charge in [-0.2, -0.15) is 27.7 Å². The van der Waals surface area contributed by atoms with Gasteiger partial charge in [0.2, 0.25) is 10.0 Å². The van der Waals surface area contributed by atoms with Gasteiger partial charge in [-0.25, -0.2) is 17.9 Å². The molecule has 3 aromatic heterocycles. The molecule has 0 aromatic carbocycles. The van der Waals surface area contributed by atoms with Crippen molar-refractivity contribution in [3.8, 4) is 0 Å². The second-order valence-corrected chi connectivity index (χ2v) is 9.87. The highest BCUT2D eigenvalue weighted by Gasteiger charge is 2.46. The molecule has 8 nitrogen and oxygen atoms in total. The van der Waals surface area contributed by atoms with Crippen LogP contribution in [0, 0.1) is 13.8 Å². The number of sulfonamides is 1. The minimum absolute atomic E-state index is 0.0622. The molecule has 4 heterocycles. The molecule has 168 valence electrons. The lowest BCUT2D eigenvalue weighted by Gasteiger charge is -2.37. The van der Waals surface area contributed by atoms with E-state index in [0.29, 0.717) is 17.5 Å². The summed E-state index contributed by atoms with van der Waals surface area (Å²) >= 11 is 0. The van der Waals surface area contributed by atoms with Crippen molar-refractivity contribution >= 4 is 15.7 Å². The summed E-state index contributed by atoms with van der Waals surface area (Å²) in [4.78, 5) is 3.40. The summed E-state index contributed by atoms with van der Waals surface area (Å²) in [6.45, 7) is 5.10. The average Bonchev–Trinajstić information content (AvgIpc) is 3.23. The summed E-state index contributed by atoms with van der Waals surface area (Å²) in [5.74, 6) is 0.0622. The summed E-state index contributed by atoms with van der Waals surface area (Å²) in [7, 11) is -3.27. The van der Waals surface area contributed by atoms with E-state index in [1.807, 2.05) is 19.2 Å². The number of pyridine rings is 1. The standard InChI is InChI=1S/C19H23F3N6O2S/c1-11-7-16-23-10-24-27(16)9-15(11)14-5-6-28(12(2)8-14)31(29,30)17-13(3)25-26(4)18(17)19(20,21)22/h7,9-10,12,14H,5-6,8H2,1-4H3. The Morgan fingerprint density at radius 1 is 1.23 bits per heavy atom. The van der Waals surface area contributed by atoms with Crippen LogP contribution in [0.4, 0.5) is 13.2 Å².